The number of hydrogen-bond acceptors (Lipinski definition) is 7. The highest BCUT2D eigenvalue weighted by Crippen LogP contribution is 2.51. The first-order valence-electron chi connectivity index (χ1n) is 13.8. The summed E-state index contributed by atoms with van der Waals surface area (Å²) in [6.45, 7) is 11.3. The topological polar surface area (TPSA) is 143 Å². The van der Waals surface area contributed by atoms with Crippen molar-refractivity contribution < 1.29 is 9.59 Å². The van der Waals surface area contributed by atoms with E-state index >= 15 is 0 Å². The highest BCUT2D eigenvalue weighted by molar-refractivity contribution is 5.89. The molecule has 2 aliphatic heterocycles. The summed E-state index contributed by atoms with van der Waals surface area (Å²) in [6, 6.07) is 9.26. The Labute approximate surface area is 229 Å². The number of carbonyl (C=O) groups is 2. The van der Waals surface area contributed by atoms with E-state index in [1.807, 2.05) is 12.1 Å². The molecule has 5 rings (SSSR count). The lowest BCUT2D eigenvalue weighted by Gasteiger charge is -2.37. The Morgan fingerprint density at radius 1 is 1.05 bits per heavy atom. The number of likely N-dealkylation sites (tertiary alicyclic amines) is 1. The second-order valence-electron chi connectivity index (χ2n) is 11.8. The van der Waals surface area contributed by atoms with Gasteiger partial charge in [-0.05, 0) is 67.8 Å². The van der Waals surface area contributed by atoms with Crippen molar-refractivity contribution in [1.29, 1.82) is 0 Å². The second kappa shape index (κ2) is 10.7. The zero-order chi connectivity index (χ0) is 27.9. The van der Waals surface area contributed by atoms with Crippen molar-refractivity contribution in [2.45, 2.75) is 32.2 Å². The molecule has 0 bridgehead atoms. The fourth-order valence-electron chi connectivity index (χ4n) is 6.07. The maximum atomic E-state index is 12.8. The van der Waals surface area contributed by atoms with Gasteiger partial charge in [0.1, 0.15) is 5.82 Å². The normalized spacial score (nSPS) is 23.9. The largest absolute Gasteiger partial charge is 0.354 e. The van der Waals surface area contributed by atoms with Crippen LogP contribution in [0.4, 0.5) is 10.6 Å². The molecule has 1 aromatic carbocycles. The first kappa shape index (κ1) is 27.3. The summed E-state index contributed by atoms with van der Waals surface area (Å²) in [5.74, 6) is 2.76. The van der Waals surface area contributed by atoms with Crippen molar-refractivity contribution in [3.05, 3.63) is 52.6 Å². The Balaban J connectivity index is 1.14. The molecule has 2 saturated heterocycles. The summed E-state index contributed by atoms with van der Waals surface area (Å²) in [7, 11) is 0. The van der Waals surface area contributed by atoms with Gasteiger partial charge in [-0.25, -0.2) is 9.59 Å². The first-order valence-corrected chi connectivity index (χ1v) is 13.8. The molecule has 1 aliphatic carbocycles. The van der Waals surface area contributed by atoms with Crippen molar-refractivity contribution in [2.24, 2.45) is 29.2 Å². The highest BCUT2D eigenvalue weighted by Gasteiger charge is 2.54. The van der Waals surface area contributed by atoms with Gasteiger partial charge in [0, 0.05) is 52.0 Å². The van der Waals surface area contributed by atoms with Crippen molar-refractivity contribution >= 4 is 17.8 Å². The number of nitrogens with two attached hydrogens (primary N) is 2. The maximum Gasteiger partial charge on any atom is 0.354 e. The number of fused-ring (bicyclic) bond motifs is 1. The molecule has 1 aromatic heterocycles. The molecular weight excluding hydrogens is 496 g/mol. The summed E-state index contributed by atoms with van der Waals surface area (Å²) in [6.07, 6.45) is 1.62. The molecule has 39 heavy (non-hydrogen) atoms. The monoisotopic (exact) mass is 536 g/mol. The van der Waals surface area contributed by atoms with Crippen molar-refractivity contribution in [1.82, 2.24) is 24.3 Å². The predicted octanol–water partition coefficient (Wildman–Crippen LogP) is 0.886. The van der Waals surface area contributed by atoms with Crippen LogP contribution in [-0.2, 0) is 4.79 Å². The lowest BCUT2D eigenvalue weighted by molar-refractivity contribution is -0.137. The van der Waals surface area contributed by atoms with Crippen molar-refractivity contribution in [3.8, 4) is 5.69 Å². The number of rotatable bonds is 7. The summed E-state index contributed by atoms with van der Waals surface area (Å²) >= 11 is 0. The van der Waals surface area contributed by atoms with Crippen LogP contribution >= 0.6 is 0 Å². The molecule has 3 amide bonds. The fraction of sp³-hybridized carbons (Fsp3) is 0.571. The van der Waals surface area contributed by atoms with E-state index in [1.165, 1.54) is 10.1 Å². The standard InChI is InChI=1S/C28H40N8O3/c1-18(15-33-16-22-21(14-29)23(22)17-33)19-4-6-20(7-5-19)36-9-8-24(32-27(36)39)31-26(38)35-12-10-34(11-13-35)25(37)28(2,3)30/h4-9,18,21-23H,10-17,29-30H2,1-3H3,(H,31,32,38,39)/t18?,21?,22-,23+. The van der Waals surface area contributed by atoms with Gasteiger partial charge in [0.05, 0.1) is 11.2 Å². The minimum absolute atomic E-state index is 0.140. The molecule has 210 valence electrons. The predicted molar refractivity (Wildman–Crippen MR) is 150 cm³/mol. The van der Waals surface area contributed by atoms with E-state index in [4.69, 9.17) is 11.5 Å². The molecule has 5 N–H and O–H groups in total. The van der Waals surface area contributed by atoms with Crippen LogP contribution in [0.25, 0.3) is 5.69 Å². The number of anilines is 1. The minimum atomic E-state index is -0.945. The number of amides is 3. The Morgan fingerprint density at radius 3 is 2.23 bits per heavy atom. The average Bonchev–Trinajstić information content (AvgIpc) is 3.39. The number of benzene rings is 1. The van der Waals surface area contributed by atoms with Gasteiger partial charge >= 0.3 is 11.7 Å². The third-order valence-corrected chi connectivity index (χ3v) is 8.44. The second-order valence-corrected chi connectivity index (χ2v) is 11.8. The maximum absolute atomic E-state index is 12.8. The van der Waals surface area contributed by atoms with E-state index in [2.05, 4.69) is 34.3 Å². The number of hydrogen-bond donors (Lipinski definition) is 3. The van der Waals surface area contributed by atoms with Crippen LogP contribution < -0.4 is 22.5 Å². The van der Waals surface area contributed by atoms with E-state index in [0.29, 0.717) is 32.1 Å². The van der Waals surface area contributed by atoms with Crippen molar-refractivity contribution in [3.63, 3.8) is 0 Å². The van der Waals surface area contributed by atoms with Gasteiger partial charge in [-0.3, -0.25) is 14.7 Å². The molecular formula is C28H40N8O3. The van der Waals surface area contributed by atoms with E-state index in [-0.39, 0.29) is 17.8 Å². The van der Waals surface area contributed by atoms with Crippen LogP contribution in [0.3, 0.4) is 0 Å². The molecule has 2 aromatic rings. The van der Waals surface area contributed by atoms with Crippen LogP contribution in [0.2, 0.25) is 0 Å². The van der Waals surface area contributed by atoms with Crippen LogP contribution in [0.15, 0.2) is 41.3 Å². The molecule has 3 heterocycles. The van der Waals surface area contributed by atoms with Gasteiger partial charge in [0.25, 0.3) is 0 Å². The Kier molecular flexibility index (Phi) is 7.49. The number of aromatic nitrogens is 2. The smallest absolute Gasteiger partial charge is 0.338 e. The highest BCUT2D eigenvalue weighted by atomic mass is 16.2. The van der Waals surface area contributed by atoms with E-state index in [0.717, 1.165) is 49.6 Å². The van der Waals surface area contributed by atoms with Crippen LogP contribution in [0, 0.1) is 17.8 Å². The van der Waals surface area contributed by atoms with Crippen LogP contribution in [0.1, 0.15) is 32.3 Å². The Bertz CT molecular complexity index is 1250. The Hall–Kier alpha value is -3.28. The summed E-state index contributed by atoms with van der Waals surface area (Å²) in [5.41, 5.74) is 12.3. The molecule has 11 nitrogen and oxygen atoms in total. The average molecular weight is 537 g/mol. The number of nitrogens with one attached hydrogen (secondary N) is 1. The number of piperidine rings is 1. The third-order valence-electron chi connectivity index (χ3n) is 8.44. The SMILES string of the molecule is CC(CN1C[C@@H]2C(CN)[C@@H]2C1)c1ccc(-n2ccc(NC(=O)N3CCN(C(=O)C(C)(C)N)CC3)nc2=O)cc1. The van der Waals surface area contributed by atoms with Gasteiger partial charge in [0.15, 0.2) is 0 Å². The van der Waals surface area contributed by atoms with Gasteiger partial charge in [-0.2, -0.15) is 4.98 Å². The fourth-order valence-corrected chi connectivity index (χ4v) is 6.07. The first-order chi connectivity index (χ1) is 18.5. The number of piperazine rings is 1. The molecule has 0 spiro atoms. The van der Waals surface area contributed by atoms with Crippen molar-refractivity contribution in [2.75, 3.05) is 57.7 Å². The van der Waals surface area contributed by atoms with E-state index < -0.39 is 11.2 Å². The molecule has 11 heteroatoms. The Morgan fingerprint density at radius 2 is 1.67 bits per heavy atom. The zero-order valence-corrected chi connectivity index (χ0v) is 23.0. The number of carbonyl (C=O) groups excluding carboxylic acids is 2. The lowest BCUT2D eigenvalue weighted by atomic mass is 10.00. The summed E-state index contributed by atoms with van der Waals surface area (Å²) in [4.78, 5) is 47.7. The van der Waals surface area contributed by atoms with E-state index in [1.54, 1.807) is 35.9 Å². The van der Waals surface area contributed by atoms with Crippen LogP contribution in [-0.4, -0.2) is 94.1 Å². The molecule has 0 radical (unpaired) electrons. The van der Waals surface area contributed by atoms with Crippen LogP contribution in [0.5, 0.6) is 0 Å². The number of nitrogens with zero attached hydrogens (tertiary/aromatic N) is 5. The molecule has 2 unspecified atom stereocenters. The molecule has 1 saturated carbocycles. The molecule has 3 fully saturated rings. The lowest BCUT2D eigenvalue weighted by Crippen LogP contribution is -2.58. The zero-order valence-electron chi connectivity index (χ0n) is 23.0. The molecule has 4 atom stereocenters. The summed E-state index contributed by atoms with van der Waals surface area (Å²) in [5, 5.41) is 2.70. The van der Waals surface area contributed by atoms with Gasteiger partial charge in [-0.1, -0.05) is 19.1 Å². The quantitative estimate of drug-likeness (QED) is 0.477. The summed E-state index contributed by atoms with van der Waals surface area (Å²) < 4.78 is 1.46. The number of urea groups is 1. The minimum Gasteiger partial charge on any atom is -0.338 e. The third kappa shape index (κ3) is 5.85. The van der Waals surface area contributed by atoms with Gasteiger partial charge in [-0.15, -0.1) is 0 Å². The van der Waals surface area contributed by atoms with Gasteiger partial charge < -0.3 is 26.2 Å². The van der Waals surface area contributed by atoms with E-state index in [9.17, 15) is 14.4 Å². The van der Waals surface area contributed by atoms with Gasteiger partial charge in [0.2, 0.25) is 5.91 Å². The molecule has 3 aliphatic rings.